The molecular formula is C62H59N4OPt-3. The largest absolute Gasteiger partial charge is 0.509 e. The molecule has 6 heteroatoms. The number of pyridine rings is 1. The third-order valence-corrected chi connectivity index (χ3v) is 13.5. The summed E-state index contributed by atoms with van der Waals surface area (Å²) in [6.07, 6.45) is 1.93. The standard InChI is InChI=1S/C62H59N4O.Pt/c1-59(2,3)45-33-46(60(4,5)6)35-48(34-45)64-41-65(56-28-20-19-27-55(56)64)49-36-47(61(7,8)9)37-51(39-49)67-50-29-30-53-52-25-17-18-26-54(52)66(57(53)40-50)58-38-44(31-32-63-58)62(10,42-21-13-11-14-22-42)43-23-15-12-16-24-43;/h11-38,41H,1-10H3;/q-3;. The van der Waals surface area contributed by atoms with E-state index < -0.39 is 5.41 Å². The second-order valence-electron chi connectivity index (χ2n) is 21.3. The molecule has 2 aromatic heterocycles. The first-order chi connectivity index (χ1) is 32.0. The molecule has 68 heavy (non-hydrogen) atoms. The molecule has 0 spiro atoms. The first-order valence-electron chi connectivity index (χ1n) is 23.4. The average molecular weight is 1070 g/mol. The fourth-order valence-electron chi connectivity index (χ4n) is 9.46. The number of aromatic nitrogens is 2. The summed E-state index contributed by atoms with van der Waals surface area (Å²) >= 11 is 0. The van der Waals surface area contributed by atoms with Crippen molar-refractivity contribution < 1.29 is 25.8 Å². The van der Waals surface area contributed by atoms with Crippen LogP contribution in [0.25, 0.3) is 27.6 Å². The molecule has 0 saturated heterocycles. The minimum atomic E-state index is -0.432. The van der Waals surface area contributed by atoms with Crippen molar-refractivity contribution in [3.8, 4) is 17.3 Å². The van der Waals surface area contributed by atoms with E-state index in [1.165, 1.54) is 22.3 Å². The average Bonchev–Trinajstić information content (AvgIpc) is 3.87. The Morgan fingerprint density at radius 2 is 1.03 bits per heavy atom. The van der Waals surface area contributed by atoms with Crippen LogP contribution in [0.2, 0.25) is 0 Å². The van der Waals surface area contributed by atoms with Crippen LogP contribution in [-0.2, 0) is 42.7 Å². The number of hydrogen-bond donors (Lipinski definition) is 0. The van der Waals surface area contributed by atoms with Gasteiger partial charge in [-0.05, 0) is 98.8 Å². The predicted molar refractivity (Wildman–Crippen MR) is 279 cm³/mol. The van der Waals surface area contributed by atoms with Gasteiger partial charge in [-0.25, -0.2) is 4.98 Å². The smallest absolute Gasteiger partial charge is 0.135 e. The molecule has 0 unspecified atom stereocenters. The van der Waals surface area contributed by atoms with Crippen molar-refractivity contribution >= 4 is 44.6 Å². The zero-order valence-electron chi connectivity index (χ0n) is 40.8. The number of anilines is 4. The second kappa shape index (κ2) is 17.6. The Balaban J connectivity index is 0.00000578. The van der Waals surface area contributed by atoms with E-state index >= 15 is 0 Å². The van der Waals surface area contributed by atoms with Crippen molar-refractivity contribution in [3.05, 3.63) is 222 Å². The van der Waals surface area contributed by atoms with Gasteiger partial charge in [-0.1, -0.05) is 165 Å². The molecule has 0 N–H and O–H groups in total. The molecule has 1 aliphatic rings. The molecule has 0 bridgehead atoms. The van der Waals surface area contributed by atoms with E-state index in [9.17, 15) is 0 Å². The Morgan fingerprint density at radius 1 is 0.471 bits per heavy atom. The number of ether oxygens (including phenoxy) is 1. The van der Waals surface area contributed by atoms with E-state index in [4.69, 9.17) is 9.72 Å². The van der Waals surface area contributed by atoms with Crippen molar-refractivity contribution in [1.29, 1.82) is 0 Å². The van der Waals surface area contributed by atoms with Crippen molar-refractivity contribution in [2.75, 3.05) is 9.80 Å². The van der Waals surface area contributed by atoms with E-state index in [0.717, 1.165) is 61.5 Å². The van der Waals surface area contributed by atoms with E-state index in [2.05, 4.69) is 260 Å². The van der Waals surface area contributed by atoms with Crippen LogP contribution in [0, 0.1) is 18.8 Å². The Kier molecular flexibility index (Phi) is 12.1. The fourth-order valence-corrected chi connectivity index (χ4v) is 9.46. The van der Waals surface area contributed by atoms with Gasteiger partial charge in [0.05, 0.1) is 0 Å². The second-order valence-corrected chi connectivity index (χ2v) is 21.3. The van der Waals surface area contributed by atoms with Crippen molar-refractivity contribution in [3.63, 3.8) is 0 Å². The van der Waals surface area contributed by atoms with Crippen molar-refractivity contribution in [2.45, 2.75) is 90.9 Å². The molecule has 1 aliphatic heterocycles. The van der Waals surface area contributed by atoms with Gasteiger partial charge in [0, 0.05) is 66.8 Å². The zero-order chi connectivity index (χ0) is 46.9. The van der Waals surface area contributed by atoms with E-state index in [1.54, 1.807) is 0 Å². The van der Waals surface area contributed by atoms with Crippen molar-refractivity contribution in [2.24, 2.45) is 0 Å². The molecular weight excluding hydrogens is 1010 g/mol. The Morgan fingerprint density at radius 3 is 1.65 bits per heavy atom. The number of benzene rings is 7. The van der Waals surface area contributed by atoms with Crippen LogP contribution in [0.1, 0.15) is 103 Å². The van der Waals surface area contributed by atoms with Gasteiger partial charge in [0.2, 0.25) is 0 Å². The summed E-state index contributed by atoms with van der Waals surface area (Å²) in [6.45, 7) is 25.0. The summed E-state index contributed by atoms with van der Waals surface area (Å²) < 4.78 is 9.13. The van der Waals surface area contributed by atoms with Crippen LogP contribution in [-0.4, -0.2) is 9.55 Å². The number of hydrogen-bond acceptors (Lipinski definition) is 4. The van der Waals surface area contributed by atoms with Crippen LogP contribution in [0.5, 0.6) is 11.5 Å². The molecule has 0 saturated carbocycles. The molecule has 5 nitrogen and oxygen atoms in total. The molecule has 3 heterocycles. The number of nitrogens with zero attached hydrogens (tertiary/aromatic N) is 4. The normalized spacial score (nSPS) is 13.2. The van der Waals surface area contributed by atoms with Crippen LogP contribution >= 0.6 is 0 Å². The van der Waals surface area contributed by atoms with E-state index in [0.29, 0.717) is 11.5 Å². The zero-order valence-corrected chi connectivity index (χ0v) is 43.0. The Labute approximate surface area is 417 Å². The fraction of sp³-hybridized carbons (Fsp3) is 0.226. The van der Waals surface area contributed by atoms with Crippen LogP contribution in [0.15, 0.2) is 170 Å². The van der Waals surface area contributed by atoms with Gasteiger partial charge in [0.1, 0.15) is 5.82 Å². The summed E-state index contributed by atoms with van der Waals surface area (Å²) in [6, 6.07) is 66.1. The van der Waals surface area contributed by atoms with Crippen molar-refractivity contribution in [1.82, 2.24) is 9.55 Å². The molecule has 346 valence electrons. The van der Waals surface area contributed by atoms with Gasteiger partial charge in [-0.2, -0.15) is 6.07 Å². The van der Waals surface area contributed by atoms with Gasteiger partial charge in [-0.3, -0.25) is 0 Å². The molecule has 0 aliphatic carbocycles. The molecule has 0 fully saturated rings. The first kappa shape index (κ1) is 46.7. The van der Waals surface area contributed by atoms with Gasteiger partial charge in [0.15, 0.2) is 0 Å². The molecule has 0 atom stereocenters. The molecule has 0 radical (unpaired) electrons. The summed E-state index contributed by atoms with van der Waals surface area (Å²) in [5, 5.41) is 2.20. The topological polar surface area (TPSA) is 33.5 Å². The quantitative estimate of drug-likeness (QED) is 0.142. The molecule has 0 amide bonds. The van der Waals surface area contributed by atoms with Crippen LogP contribution in [0.4, 0.5) is 22.7 Å². The maximum atomic E-state index is 6.91. The maximum Gasteiger partial charge on any atom is 0.135 e. The summed E-state index contributed by atoms with van der Waals surface area (Å²) in [7, 11) is 0. The summed E-state index contributed by atoms with van der Waals surface area (Å²) in [5.74, 6) is 2.03. The molecule has 9 aromatic rings. The van der Waals surface area contributed by atoms with Gasteiger partial charge in [-0.15, -0.1) is 53.6 Å². The minimum Gasteiger partial charge on any atom is -0.509 e. The maximum absolute atomic E-state index is 6.91. The van der Waals surface area contributed by atoms with E-state index in [-0.39, 0.29) is 37.3 Å². The monoisotopic (exact) mass is 1070 g/mol. The number of fused-ring (bicyclic) bond motifs is 4. The van der Waals surface area contributed by atoms with E-state index in [1.807, 2.05) is 12.3 Å². The van der Waals surface area contributed by atoms with Gasteiger partial charge in [0.25, 0.3) is 0 Å². The van der Waals surface area contributed by atoms with Crippen LogP contribution < -0.4 is 14.5 Å². The predicted octanol–water partition coefficient (Wildman–Crippen LogP) is 16.2. The summed E-state index contributed by atoms with van der Waals surface area (Å²) in [5.41, 5.74) is 12.9. The summed E-state index contributed by atoms with van der Waals surface area (Å²) in [4.78, 5) is 9.63. The third-order valence-electron chi connectivity index (χ3n) is 13.5. The van der Waals surface area contributed by atoms with Gasteiger partial charge < -0.3 is 19.1 Å². The number of rotatable bonds is 8. The third kappa shape index (κ3) is 8.56. The first-order valence-corrected chi connectivity index (χ1v) is 23.4. The SMILES string of the molecule is CC(C)(C)c1cc(Oc2[c-]c3c(cc2)c2ccccc2n3-c2cc(C(C)(c3ccccc3)c3ccccc3)ccn2)[c-]c(N2[CH-]N(c3cc(C(C)(C)C)cc(C(C)(C)C)c3)c3ccccc32)c1.[Pt]. The number of para-hydroxylation sites is 3. The molecule has 10 rings (SSSR count). The molecule has 7 aromatic carbocycles. The Bertz CT molecular complexity index is 3210. The Hall–Kier alpha value is -6.42. The van der Waals surface area contributed by atoms with Gasteiger partial charge >= 0.3 is 0 Å². The minimum absolute atomic E-state index is 0. The van der Waals surface area contributed by atoms with Crippen LogP contribution in [0.3, 0.4) is 0 Å².